The second-order valence-corrected chi connectivity index (χ2v) is 6.41. The fourth-order valence-electron chi connectivity index (χ4n) is 2.67. The van der Waals surface area contributed by atoms with Crippen LogP contribution < -0.4 is 11.5 Å². The number of halogens is 1. The van der Waals surface area contributed by atoms with Gasteiger partial charge in [0.2, 0.25) is 5.91 Å². The van der Waals surface area contributed by atoms with Gasteiger partial charge in [-0.15, -0.1) is 24.2 Å². The van der Waals surface area contributed by atoms with Crippen LogP contribution in [0.1, 0.15) is 23.7 Å². The molecule has 4 N–H and O–H groups in total. The van der Waals surface area contributed by atoms with E-state index in [0.717, 1.165) is 11.3 Å². The average molecular weight is 344 g/mol. The molecule has 122 valence electrons. The molecule has 0 aliphatic carbocycles. The van der Waals surface area contributed by atoms with Crippen LogP contribution in [0.25, 0.3) is 0 Å². The third-order valence-electron chi connectivity index (χ3n) is 3.74. The van der Waals surface area contributed by atoms with Crippen LogP contribution in [-0.2, 0) is 4.79 Å². The van der Waals surface area contributed by atoms with Gasteiger partial charge in [0.25, 0.3) is 5.91 Å². The Morgan fingerprint density at radius 1 is 1.36 bits per heavy atom. The zero-order chi connectivity index (χ0) is 15.4. The lowest BCUT2D eigenvalue weighted by Gasteiger charge is -2.22. The average Bonchev–Trinajstić information content (AvgIpc) is 2.86. The van der Waals surface area contributed by atoms with Gasteiger partial charge in [-0.05, 0) is 37.9 Å². The van der Waals surface area contributed by atoms with E-state index < -0.39 is 0 Å². The molecule has 0 saturated carbocycles. The highest BCUT2D eigenvalue weighted by Gasteiger charge is 2.32. The summed E-state index contributed by atoms with van der Waals surface area (Å²) in [4.78, 5) is 26.3. The van der Waals surface area contributed by atoms with Crippen LogP contribution in [0.4, 0.5) is 0 Å². The van der Waals surface area contributed by atoms with Gasteiger partial charge in [-0.1, -0.05) is 12.1 Å². The predicted octanol–water partition coefficient (Wildman–Crippen LogP) is 1.50. The van der Waals surface area contributed by atoms with Crippen molar-refractivity contribution in [1.29, 1.82) is 0 Å². The van der Waals surface area contributed by atoms with Crippen LogP contribution >= 0.6 is 24.2 Å². The van der Waals surface area contributed by atoms with Crippen LogP contribution in [-0.4, -0.2) is 41.6 Å². The van der Waals surface area contributed by atoms with Gasteiger partial charge in [0.05, 0.1) is 11.3 Å². The second kappa shape index (κ2) is 8.41. The Bertz CT molecular complexity index is 541. The molecule has 0 bridgehead atoms. The van der Waals surface area contributed by atoms with Crippen LogP contribution in [0.2, 0.25) is 0 Å². The van der Waals surface area contributed by atoms with Gasteiger partial charge < -0.3 is 16.4 Å². The Morgan fingerprint density at radius 3 is 2.64 bits per heavy atom. The van der Waals surface area contributed by atoms with Crippen molar-refractivity contribution in [1.82, 2.24) is 4.90 Å². The molecule has 2 unspecified atom stereocenters. The fourth-order valence-corrected chi connectivity index (χ4v) is 3.45. The van der Waals surface area contributed by atoms with E-state index in [4.69, 9.17) is 11.5 Å². The second-order valence-electron chi connectivity index (χ2n) is 5.40. The predicted molar refractivity (Wildman–Crippen MR) is 91.3 cm³/mol. The van der Waals surface area contributed by atoms with E-state index in [0.29, 0.717) is 24.6 Å². The molecule has 1 heterocycles. The van der Waals surface area contributed by atoms with Gasteiger partial charge in [-0.3, -0.25) is 9.59 Å². The Labute approximate surface area is 141 Å². The maximum absolute atomic E-state index is 12.7. The largest absolute Gasteiger partial charge is 0.369 e. The summed E-state index contributed by atoms with van der Waals surface area (Å²) in [6.45, 7) is 3.35. The van der Waals surface area contributed by atoms with Gasteiger partial charge >= 0.3 is 0 Å². The normalized spacial score (nSPS) is 20.5. The molecule has 0 spiro atoms. The first-order valence-corrected chi connectivity index (χ1v) is 8.02. The lowest BCUT2D eigenvalue weighted by Crippen LogP contribution is -2.34. The van der Waals surface area contributed by atoms with Gasteiger partial charge in [-0.25, -0.2) is 0 Å². The molecule has 1 fully saturated rings. The summed E-state index contributed by atoms with van der Waals surface area (Å²) in [6, 6.07) is 7.54. The first-order chi connectivity index (χ1) is 10.0. The number of likely N-dealkylation sites (tertiary alicyclic amines) is 1. The number of carbonyl (C=O) groups excluding carboxylic acids is 2. The van der Waals surface area contributed by atoms with E-state index in [1.807, 2.05) is 30.0 Å². The van der Waals surface area contributed by atoms with Crippen LogP contribution in [0.5, 0.6) is 0 Å². The Hall–Kier alpha value is -1.24. The van der Waals surface area contributed by atoms with E-state index in [1.165, 1.54) is 11.8 Å². The minimum Gasteiger partial charge on any atom is -0.369 e. The number of amides is 2. The van der Waals surface area contributed by atoms with Crippen LogP contribution in [0.3, 0.4) is 0 Å². The summed E-state index contributed by atoms with van der Waals surface area (Å²) < 4.78 is 0. The molecule has 22 heavy (non-hydrogen) atoms. The number of hydrogen-bond donors (Lipinski definition) is 2. The first-order valence-electron chi connectivity index (χ1n) is 7.04. The number of primary amides is 1. The monoisotopic (exact) mass is 343 g/mol. The molecule has 1 saturated heterocycles. The smallest absolute Gasteiger partial charge is 0.255 e. The summed E-state index contributed by atoms with van der Waals surface area (Å²) in [6.07, 6.45) is 0.943. The quantitative estimate of drug-likeness (QED) is 0.793. The van der Waals surface area contributed by atoms with Gasteiger partial charge in [0.1, 0.15) is 0 Å². The SMILES string of the molecule is CC1CC(CN)CN1C(=O)c1ccccc1SCC(N)=O.Cl. The van der Waals surface area contributed by atoms with Gasteiger partial charge in [0, 0.05) is 17.5 Å². The molecule has 1 aliphatic heterocycles. The summed E-state index contributed by atoms with van der Waals surface area (Å²) in [7, 11) is 0. The zero-order valence-corrected chi connectivity index (χ0v) is 14.2. The van der Waals surface area contributed by atoms with Crippen molar-refractivity contribution in [3.8, 4) is 0 Å². The number of hydrogen-bond acceptors (Lipinski definition) is 4. The molecular formula is C15H22ClN3O2S. The van der Waals surface area contributed by atoms with Crippen LogP contribution in [0, 0.1) is 5.92 Å². The fraction of sp³-hybridized carbons (Fsp3) is 0.467. The number of nitrogens with two attached hydrogens (primary N) is 2. The summed E-state index contributed by atoms with van der Waals surface area (Å²) in [5.41, 5.74) is 11.5. The van der Waals surface area contributed by atoms with E-state index >= 15 is 0 Å². The third-order valence-corrected chi connectivity index (χ3v) is 4.84. The molecule has 7 heteroatoms. The Kier molecular flexibility index (Phi) is 7.19. The number of nitrogens with zero attached hydrogens (tertiary/aromatic N) is 1. The van der Waals surface area contributed by atoms with Crippen molar-refractivity contribution in [2.75, 3.05) is 18.8 Å². The number of thioether (sulfide) groups is 1. The standard InChI is InChI=1S/C15H21N3O2S.ClH/c1-10-6-11(7-16)8-18(10)15(20)12-4-2-3-5-13(12)21-9-14(17)19;/h2-5,10-11H,6-9,16H2,1H3,(H2,17,19);1H. The number of benzene rings is 1. The molecule has 1 aliphatic rings. The Balaban J connectivity index is 0.00000242. The van der Waals surface area contributed by atoms with E-state index in [2.05, 4.69) is 0 Å². The minimum absolute atomic E-state index is 0. The molecular weight excluding hydrogens is 322 g/mol. The van der Waals surface area contributed by atoms with E-state index in [1.54, 1.807) is 6.07 Å². The van der Waals surface area contributed by atoms with Crippen molar-refractivity contribution in [3.05, 3.63) is 29.8 Å². The van der Waals surface area contributed by atoms with Crippen molar-refractivity contribution in [3.63, 3.8) is 0 Å². The lowest BCUT2D eigenvalue weighted by molar-refractivity contribution is -0.115. The highest BCUT2D eigenvalue weighted by molar-refractivity contribution is 8.00. The maximum atomic E-state index is 12.7. The highest BCUT2D eigenvalue weighted by atomic mass is 35.5. The molecule has 2 rings (SSSR count). The zero-order valence-electron chi connectivity index (χ0n) is 12.5. The molecule has 2 amide bonds. The lowest BCUT2D eigenvalue weighted by atomic mass is 10.1. The van der Waals surface area contributed by atoms with Crippen molar-refractivity contribution in [2.24, 2.45) is 17.4 Å². The van der Waals surface area contributed by atoms with Crippen molar-refractivity contribution in [2.45, 2.75) is 24.3 Å². The maximum Gasteiger partial charge on any atom is 0.255 e. The molecule has 0 radical (unpaired) electrons. The summed E-state index contributed by atoms with van der Waals surface area (Å²) in [5.74, 6) is 0.158. The summed E-state index contributed by atoms with van der Waals surface area (Å²) in [5, 5.41) is 0. The van der Waals surface area contributed by atoms with Crippen LogP contribution in [0.15, 0.2) is 29.2 Å². The molecule has 1 aromatic carbocycles. The molecule has 1 aromatic rings. The van der Waals surface area contributed by atoms with E-state index in [-0.39, 0.29) is 36.0 Å². The third kappa shape index (κ3) is 4.38. The topological polar surface area (TPSA) is 89.4 Å². The molecule has 0 aromatic heterocycles. The minimum atomic E-state index is -0.389. The van der Waals surface area contributed by atoms with Gasteiger partial charge in [-0.2, -0.15) is 0 Å². The first kappa shape index (κ1) is 18.8. The molecule has 5 nitrogen and oxygen atoms in total. The summed E-state index contributed by atoms with van der Waals surface area (Å²) >= 11 is 1.30. The number of rotatable bonds is 5. The number of carbonyl (C=O) groups is 2. The van der Waals surface area contributed by atoms with E-state index in [9.17, 15) is 9.59 Å². The van der Waals surface area contributed by atoms with Gasteiger partial charge in [0.15, 0.2) is 0 Å². The van der Waals surface area contributed by atoms with Crippen molar-refractivity contribution < 1.29 is 9.59 Å². The molecule has 2 atom stereocenters. The highest BCUT2D eigenvalue weighted by Crippen LogP contribution is 2.28. The van der Waals surface area contributed by atoms with Crippen molar-refractivity contribution >= 4 is 36.0 Å². The Morgan fingerprint density at radius 2 is 2.05 bits per heavy atom.